The minimum atomic E-state index is -0.997. The Morgan fingerprint density at radius 2 is 2.32 bits per heavy atom. The zero-order chi connectivity index (χ0) is 17.4. The maximum atomic E-state index is 11.4. The van der Waals surface area contributed by atoms with Gasteiger partial charge in [0.25, 0.3) is 0 Å². The molecule has 0 bridgehead atoms. The zero-order valence-electron chi connectivity index (χ0n) is 14.5. The maximum absolute atomic E-state index is 11.4. The first-order valence-electron chi connectivity index (χ1n) is 9.04. The molecule has 0 spiro atoms. The standard InChI is InChI=1S/C18H25N5O2/c1-12-8-13(2-5-19-12)9-14-3-7-23-15(10-14)16(11-20-23)22-6-4-17(24)21-18(22)25/h3,7,10-13,18-19,25H,2,4-6,8-9H2,1H3,(H,21,24)/t12-,13+,18?/m0/s1. The molecule has 0 radical (unpaired) electrons. The maximum Gasteiger partial charge on any atom is 0.225 e. The van der Waals surface area contributed by atoms with Gasteiger partial charge in [-0.05, 0) is 56.3 Å². The molecule has 3 atom stereocenters. The molecule has 1 amide bonds. The summed E-state index contributed by atoms with van der Waals surface area (Å²) in [6.07, 6.45) is 6.59. The van der Waals surface area contributed by atoms with Crippen LogP contribution in [0.25, 0.3) is 5.52 Å². The van der Waals surface area contributed by atoms with Gasteiger partial charge in [0.15, 0.2) is 0 Å². The molecule has 7 nitrogen and oxygen atoms in total. The molecule has 2 fully saturated rings. The second kappa shape index (κ2) is 6.65. The van der Waals surface area contributed by atoms with Crippen molar-refractivity contribution in [1.29, 1.82) is 0 Å². The van der Waals surface area contributed by atoms with E-state index in [1.807, 2.05) is 10.7 Å². The first-order valence-corrected chi connectivity index (χ1v) is 9.04. The van der Waals surface area contributed by atoms with Crippen molar-refractivity contribution in [2.75, 3.05) is 18.0 Å². The zero-order valence-corrected chi connectivity index (χ0v) is 14.5. The summed E-state index contributed by atoms with van der Waals surface area (Å²) < 4.78 is 1.83. The van der Waals surface area contributed by atoms with Gasteiger partial charge in [-0.25, -0.2) is 4.52 Å². The summed E-state index contributed by atoms with van der Waals surface area (Å²) in [5.74, 6) is 0.575. The lowest BCUT2D eigenvalue weighted by atomic mass is 9.88. The molecular formula is C18H25N5O2. The summed E-state index contributed by atoms with van der Waals surface area (Å²) in [6, 6.07) is 4.88. The fourth-order valence-electron chi connectivity index (χ4n) is 4.00. The van der Waals surface area contributed by atoms with Crippen LogP contribution >= 0.6 is 0 Å². The van der Waals surface area contributed by atoms with Gasteiger partial charge >= 0.3 is 0 Å². The summed E-state index contributed by atoms with van der Waals surface area (Å²) in [4.78, 5) is 13.2. The number of aliphatic hydroxyl groups excluding tert-OH is 1. The average Bonchev–Trinajstić information content (AvgIpc) is 2.98. The molecule has 1 unspecified atom stereocenters. The van der Waals surface area contributed by atoms with E-state index in [2.05, 4.69) is 34.8 Å². The Morgan fingerprint density at radius 1 is 1.44 bits per heavy atom. The van der Waals surface area contributed by atoms with Crippen LogP contribution in [0, 0.1) is 5.92 Å². The number of hydrogen-bond acceptors (Lipinski definition) is 5. The monoisotopic (exact) mass is 343 g/mol. The van der Waals surface area contributed by atoms with Gasteiger partial charge in [0.1, 0.15) is 0 Å². The van der Waals surface area contributed by atoms with Crippen molar-refractivity contribution in [3.8, 4) is 0 Å². The van der Waals surface area contributed by atoms with Crippen molar-refractivity contribution in [1.82, 2.24) is 20.2 Å². The highest BCUT2D eigenvalue weighted by Crippen LogP contribution is 2.27. The SMILES string of the molecule is C[C@H]1C[C@H](Cc2ccn3ncc(N4CCC(=O)NC4O)c3c2)CCN1. The molecule has 0 saturated carbocycles. The Hall–Kier alpha value is -2.12. The van der Waals surface area contributed by atoms with Crippen LogP contribution in [0.1, 0.15) is 31.7 Å². The number of piperidine rings is 1. The van der Waals surface area contributed by atoms with E-state index in [0.29, 0.717) is 24.9 Å². The molecule has 2 aliphatic rings. The highest BCUT2D eigenvalue weighted by molar-refractivity contribution is 5.81. The lowest BCUT2D eigenvalue weighted by Crippen LogP contribution is -2.54. The Kier molecular flexibility index (Phi) is 4.35. The predicted molar refractivity (Wildman–Crippen MR) is 95.2 cm³/mol. The average molecular weight is 343 g/mol. The normalized spacial score (nSPS) is 27.5. The van der Waals surface area contributed by atoms with Crippen LogP contribution in [-0.2, 0) is 11.2 Å². The summed E-state index contributed by atoms with van der Waals surface area (Å²) in [5.41, 5.74) is 3.12. The Bertz CT molecular complexity index is 774. The number of anilines is 1. The molecule has 3 N–H and O–H groups in total. The van der Waals surface area contributed by atoms with E-state index in [-0.39, 0.29) is 5.91 Å². The topological polar surface area (TPSA) is 81.9 Å². The second-order valence-electron chi connectivity index (χ2n) is 7.23. The van der Waals surface area contributed by atoms with Gasteiger partial charge in [0, 0.05) is 25.2 Å². The van der Waals surface area contributed by atoms with Crippen molar-refractivity contribution >= 4 is 17.1 Å². The van der Waals surface area contributed by atoms with Crippen molar-refractivity contribution in [2.24, 2.45) is 5.92 Å². The molecule has 25 heavy (non-hydrogen) atoms. The first kappa shape index (κ1) is 16.4. The van der Waals surface area contributed by atoms with E-state index in [0.717, 1.165) is 24.2 Å². The molecule has 4 heterocycles. The smallest absolute Gasteiger partial charge is 0.225 e. The van der Waals surface area contributed by atoms with Crippen LogP contribution in [0.3, 0.4) is 0 Å². The molecule has 134 valence electrons. The molecule has 2 aliphatic heterocycles. The fourth-order valence-corrected chi connectivity index (χ4v) is 4.00. The number of aromatic nitrogens is 2. The fraction of sp³-hybridized carbons (Fsp3) is 0.556. The Labute approximate surface area is 147 Å². The third kappa shape index (κ3) is 3.34. The minimum Gasteiger partial charge on any atom is -0.356 e. The number of carbonyl (C=O) groups excluding carboxylic acids is 1. The quantitative estimate of drug-likeness (QED) is 0.770. The Morgan fingerprint density at radius 3 is 3.12 bits per heavy atom. The van der Waals surface area contributed by atoms with Crippen LogP contribution in [0.2, 0.25) is 0 Å². The number of aliphatic hydroxyl groups is 1. The number of rotatable bonds is 3. The van der Waals surface area contributed by atoms with Gasteiger partial charge in [-0.3, -0.25) is 4.79 Å². The van der Waals surface area contributed by atoms with Gasteiger partial charge in [-0.1, -0.05) is 0 Å². The summed E-state index contributed by atoms with van der Waals surface area (Å²) >= 11 is 0. The number of amides is 1. The number of pyridine rings is 1. The number of hydrogen-bond donors (Lipinski definition) is 3. The van der Waals surface area contributed by atoms with Crippen molar-refractivity contribution < 1.29 is 9.90 Å². The van der Waals surface area contributed by atoms with Gasteiger partial charge < -0.3 is 20.6 Å². The van der Waals surface area contributed by atoms with E-state index in [1.165, 1.54) is 18.4 Å². The molecule has 2 aromatic heterocycles. The third-order valence-electron chi connectivity index (χ3n) is 5.30. The molecule has 2 aromatic rings. The van der Waals surface area contributed by atoms with Crippen molar-refractivity contribution in [2.45, 2.75) is 45.0 Å². The number of nitrogens with zero attached hydrogens (tertiary/aromatic N) is 3. The largest absolute Gasteiger partial charge is 0.356 e. The number of carbonyl (C=O) groups is 1. The molecule has 7 heteroatoms. The van der Waals surface area contributed by atoms with E-state index >= 15 is 0 Å². The van der Waals surface area contributed by atoms with Gasteiger partial charge in [0.05, 0.1) is 17.4 Å². The summed E-state index contributed by atoms with van der Waals surface area (Å²) in [6.45, 7) is 3.83. The molecule has 0 aromatic carbocycles. The lowest BCUT2D eigenvalue weighted by molar-refractivity contribution is -0.125. The summed E-state index contributed by atoms with van der Waals surface area (Å²) in [7, 11) is 0. The molecular weight excluding hydrogens is 318 g/mol. The molecule has 4 rings (SSSR count). The highest BCUT2D eigenvalue weighted by atomic mass is 16.3. The highest BCUT2D eigenvalue weighted by Gasteiger charge is 2.26. The van der Waals surface area contributed by atoms with Gasteiger partial charge in [0.2, 0.25) is 12.3 Å². The summed E-state index contributed by atoms with van der Waals surface area (Å²) in [5, 5.41) is 20.6. The van der Waals surface area contributed by atoms with E-state index < -0.39 is 6.35 Å². The molecule has 2 saturated heterocycles. The van der Waals surface area contributed by atoms with Gasteiger partial charge in [-0.15, -0.1) is 0 Å². The van der Waals surface area contributed by atoms with Crippen LogP contribution < -0.4 is 15.5 Å². The van der Waals surface area contributed by atoms with Gasteiger partial charge in [-0.2, -0.15) is 5.10 Å². The van der Waals surface area contributed by atoms with E-state index in [9.17, 15) is 9.90 Å². The number of fused-ring (bicyclic) bond motifs is 1. The predicted octanol–water partition coefficient (Wildman–Crippen LogP) is 0.867. The van der Waals surface area contributed by atoms with Crippen LogP contribution in [0.5, 0.6) is 0 Å². The second-order valence-corrected chi connectivity index (χ2v) is 7.23. The van der Waals surface area contributed by atoms with E-state index in [4.69, 9.17) is 0 Å². The number of nitrogens with one attached hydrogen (secondary N) is 2. The Balaban J connectivity index is 1.58. The van der Waals surface area contributed by atoms with Crippen molar-refractivity contribution in [3.63, 3.8) is 0 Å². The van der Waals surface area contributed by atoms with Crippen LogP contribution in [0.4, 0.5) is 5.69 Å². The van der Waals surface area contributed by atoms with Crippen LogP contribution in [-0.4, -0.2) is 46.1 Å². The molecule has 0 aliphatic carbocycles. The van der Waals surface area contributed by atoms with Crippen LogP contribution in [0.15, 0.2) is 24.5 Å². The van der Waals surface area contributed by atoms with E-state index in [1.54, 1.807) is 11.1 Å². The van der Waals surface area contributed by atoms with Crippen molar-refractivity contribution in [3.05, 3.63) is 30.1 Å². The lowest BCUT2D eigenvalue weighted by Gasteiger charge is -2.33. The first-order chi connectivity index (χ1) is 12.1. The third-order valence-corrected chi connectivity index (χ3v) is 5.30. The minimum absolute atomic E-state index is 0.124.